The van der Waals surface area contributed by atoms with Crippen LogP contribution in [0.3, 0.4) is 0 Å². The summed E-state index contributed by atoms with van der Waals surface area (Å²) in [7, 11) is 0. The number of nitrogens with zero attached hydrogens (tertiary/aromatic N) is 1. The predicted octanol–water partition coefficient (Wildman–Crippen LogP) is 2.56. The molecular formula is C13H19ClN2O. The average molecular weight is 255 g/mol. The van der Waals surface area contributed by atoms with Gasteiger partial charge in [0.1, 0.15) is 0 Å². The number of hydrogen-bond donors (Lipinski definition) is 1. The number of rotatable bonds is 1. The first-order valence-electron chi connectivity index (χ1n) is 5.74. The van der Waals surface area contributed by atoms with Gasteiger partial charge in [-0.15, -0.1) is 12.4 Å². The van der Waals surface area contributed by atoms with E-state index in [9.17, 15) is 4.79 Å². The highest BCUT2D eigenvalue weighted by Gasteiger charge is 2.30. The Morgan fingerprint density at radius 1 is 1.29 bits per heavy atom. The van der Waals surface area contributed by atoms with E-state index in [-0.39, 0.29) is 18.3 Å². The summed E-state index contributed by atoms with van der Waals surface area (Å²) in [6, 6.07) is 7.50. The minimum absolute atomic E-state index is 0. The Labute approximate surface area is 108 Å². The molecule has 0 bridgehead atoms. The van der Waals surface area contributed by atoms with Crippen LogP contribution < -0.4 is 5.73 Å². The summed E-state index contributed by atoms with van der Waals surface area (Å²) in [6.07, 6.45) is 1.10. The van der Waals surface area contributed by atoms with Gasteiger partial charge >= 0.3 is 0 Å². The van der Waals surface area contributed by atoms with Gasteiger partial charge in [0.2, 0.25) is 0 Å². The van der Waals surface area contributed by atoms with Crippen LogP contribution in [0.5, 0.6) is 0 Å². The van der Waals surface area contributed by atoms with E-state index in [1.165, 1.54) is 0 Å². The van der Waals surface area contributed by atoms with E-state index in [4.69, 9.17) is 5.73 Å². The summed E-state index contributed by atoms with van der Waals surface area (Å²) in [6.45, 7) is 5.16. The minimum atomic E-state index is 0. The number of carbonyl (C=O) groups excluding carboxylic acids is 1. The molecule has 2 N–H and O–H groups in total. The molecule has 3 nitrogen and oxygen atoms in total. The Balaban J connectivity index is 0.00000144. The molecule has 1 saturated heterocycles. The molecule has 2 unspecified atom stereocenters. The zero-order chi connectivity index (χ0) is 11.7. The minimum Gasteiger partial charge on any atom is -0.399 e. The molecule has 4 heteroatoms. The van der Waals surface area contributed by atoms with Crippen molar-refractivity contribution >= 4 is 24.0 Å². The highest BCUT2D eigenvalue weighted by molar-refractivity contribution is 5.94. The third-order valence-electron chi connectivity index (χ3n) is 3.20. The first-order valence-corrected chi connectivity index (χ1v) is 5.74. The molecule has 2 atom stereocenters. The number of nitrogen functional groups attached to an aromatic ring is 1. The van der Waals surface area contributed by atoms with Gasteiger partial charge in [-0.05, 0) is 43.5 Å². The van der Waals surface area contributed by atoms with Gasteiger partial charge in [-0.1, -0.05) is 6.92 Å². The number of carbonyl (C=O) groups is 1. The van der Waals surface area contributed by atoms with Crippen molar-refractivity contribution in [3.05, 3.63) is 29.8 Å². The fraction of sp³-hybridized carbons (Fsp3) is 0.462. The van der Waals surface area contributed by atoms with Crippen LogP contribution in [0.4, 0.5) is 5.69 Å². The van der Waals surface area contributed by atoms with Crippen molar-refractivity contribution in [3.63, 3.8) is 0 Å². The van der Waals surface area contributed by atoms with Crippen molar-refractivity contribution in [1.29, 1.82) is 0 Å². The van der Waals surface area contributed by atoms with Gasteiger partial charge in [0.25, 0.3) is 5.91 Å². The van der Waals surface area contributed by atoms with Crippen molar-refractivity contribution in [2.45, 2.75) is 26.3 Å². The molecule has 2 rings (SSSR count). The molecule has 1 aliphatic rings. The number of nitrogens with two attached hydrogens (primary N) is 1. The van der Waals surface area contributed by atoms with Crippen LogP contribution in [-0.2, 0) is 0 Å². The van der Waals surface area contributed by atoms with E-state index in [1.807, 2.05) is 4.90 Å². The third-order valence-corrected chi connectivity index (χ3v) is 3.20. The standard InChI is InChI=1S/C13H18N2O.ClH/c1-9-7-10(2)15(8-9)13(16)11-3-5-12(14)6-4-11;/h3-6,9-10H,7-8,14H2,1-2H3;1H. The fourth-order valence-electron chi connectivity index (χ4n) is 2.37. The van der Waals surface area contributed by atoms with E-state index >= 15 is 0 Å². The molecule has 1 aromatic rings. The van der Waals surface area contributed by atoms with E-state index < -0.39 is 0 Å². The van der Waals surface area contributed by atoms with Crippen LogP contribution in [0.1, 0.15) is 30.6 Å². The number of amides is 1. The van der Waals surface area contributed by atoms with E-state index in [1.54, 1.807) is 24.3 Å². The van der Waals surface area contributed by atoms with E-state index in [2.05, 4.69) is 13.8 Å². The Morgan fingerprint density at radius 2 is 1.88 bits per heavy atom. The van der Waals surface area contributed by atoms with Crippen molar-refractivity contribution < 1.29 is 4.79 Å². The smallest absolute Gasteiger partial charge is 0.254 e. The van der Waals surface area contributed by atoms with Gasteiger partial charge in [-0.3, -0.25) is 4.79 Å². The SMILES string of the molecule is CC1CC(C)N(C(=O)c2ccc(N)cc2)C1.Cl. The second kappa shape index (κ2) is 5.41. The number of benzene rings is 1. The highest BCUT2D eigenvalue weighted by atomic mass is 35.5. The molecule has 1 aliphatic heterocycles. The molecule has 1 amide bonds. The quantitative estimate of drug-likeness (QED) is 0.783. The van der Waals surface area contributed by atoms with E-state index in [0.29, 0.717) is 17.6 Å². The van der Waals surface area contributed by atoms with Gasteiger partial charge < -0.3 is 10.6 Å². The lowest BCUT2D eigenvalue weighted by molar-refractivity contribution is 0.0744. The molecule has 0 saturated carbocycles. The van der Waals surface area contributed by atoms with Crippen LogP contribution >= 0.6 is 12.4 Å². The summed E-state index contributed by atoms with van der Waals surface area (Å²) >= 11 is 0. The molecule has 0 aliphatic carbocycles. The number of hydrogen-bond acceptors (Lipinski definition) is 2. The topological polar surface area (TPSA) is 46.3 Å². The molecule has 0 spiro atoms. The average Bonchev–Trinajstić information content (AvgIpc) is 2.58. The van der Waals surface area contributed by atoms with Crippen molar-refractivity contribution in [2.24, 2.45) is 5.92 Å². The van der Waals surface area contributed by atoms with Crippen molar-refractivity contribution in [1.82, 2.24) is 4.90 Å². The first-order chi connectivity index (χ1) is 7.58. The maximum atomic E-state index is 12.2. The Morgan fingerprint density at radius 3 is 2.35 bits per heavy atom. The first kappa shape index (κ1) is 13.8. The Bertz CT molecular complexity index is 391. The normalized spacial score (nSPS) is 23.3. The summed E-state index contributed by atoms with van der Waals surface area (Å²) in [5, 5.41) is 0. The van der Waals surface area contributed by atoms with Crippen LogP contribution in [-0.4, -0.2) is 23.4 Å². The summed E-state index contributed by atoms with van der Waals surface area (Å²) < 4.78 is 0. The molecular weight excluding hydrogens is 236 g/mol. The molecule has 94 valence electrons. The second-order valence-electron chi connectivity index (χ2n) is 4.77. The summed E-state index contributed by atoms with van der Waals surface area (Å²) in [5.41, 5.74) is 7.03. The fourth-order valence-corrected chi connectivity index (χ4v) is 2.37. The summed E-state index contributed by atoms with van der Waals surface area (Å²) in [5.74, 6) is 0.726. The molecule has 1 aromatic carbocycles. The van der Waals surface area contributed by atoms with Crippen LogP contribution in [0.2, 0.25) is 0 Å². The van der Waals surface area contributed by atoms with Gasteiger partial charge in [-0.25, -0.2) is 0 Å². The molecule has 0 radical (unpaired) electrons. The highest BCUT2D eigenvalue weighted by Crippen LogP contribution is 2.24. The number of halogens is 1. The zero-order valence-corrected chi connectivity index (χ0v) is 11.0. The maximum absolute atomic E-state index is 12.2. The lowest BCUT2D eigenvalue weighted by atomic mass is 10.1. The molecule has 1 heterocycles. The van der Waals surface area contributed by atoms with E-state index in [0.717, 1.165) is 18.5 Å². The molecule has 0 aromatic heterocycles. The second-order valence-corrected chi connectivity index (χ2v) is 4.77. The number of likely N-dealkylation sites (tertiary alicyclic amines) is 1. The molecule has 17 heavy (non-hydrogen) atoms. The third kappa shape index (κ3) is 2.91. The Hall–Kier alpha value is -1.22. The monoisotopic (exact) mass is 254 g/mol. The van der Waals surface area contributed by atoms with Crippen molar-refractivity contribution in [3.8, 4) is 0 Å². The zero-order valence-electron chi connectivity index (χ0n) is 10.2. The van der Waals surface area contributed by atoms with Crippen LogP contribution in [0, 0.1) is 5.92 Å². The Kier molecular flexibility index (Phi) is 4.40. The number of anilines is 1. The van der Waals surface area contributed by atoms with Gasteiger partial charge in [0, 0.05) is 23.8 Å². The van der Waals surface area contributed by atoms with Crippen molar-refractivity contribution in [2.75, 3.05) is 12.3 Å². The van der Waals surface area contributed by atoms with Crippen LogP contribution in [0.25, 0.3) is 0 Å². The predicted molar refractivity (Wildman–Crippen MR) is 72.4 cm³/mol. The van der Waals surface area contributed by atoms with Gasteiger partial charge in [0.05, 0.1) is 0 Å². The van der Waals surface area contributed by atoms with Gasteiger partial charge in [-0.2, -0.15) is 0 Å². The van der Waals surface area contributed by atoms with Gasteiger partial charge in [0.15, 0.2) is 0 Å². The largest absolute Gasteiger partial charge is 0.399 e. The summed E-state index contributed by atoms with van der Waals surface area (Å²) in [4.78, 5) is 14.2. The lowest BCUT2D eigenvalue weighted by Crippen LogP contribution is -2.33. The molecule has 1 fully saturated rings. The van der Waals surface area contributed by atoms with Crippen LogP contribution in [0.15, 0.2) is 24.3 Å². The maximum Gasteiger partial charge on any atom is 0.254 e. The lowest BCUT2D eigenvalue weighted by Gasteiger charge is -2.21.